The molecule has 2 N–H and O–H groups in total. The molecule has 0 aliphatic carbocycles. The predicted molar refractivity (Wildman–Crippen MR) is 101 cm³/mol. The SMILES string of the molecule is O=C(NC[C@]1(N2CCOCC2)CCSC1)Nc1cccc(Cl)c1Cl. The average molecular weight is 390 g/mol. The van der Waals surface area contributed by atoms with Gasteiger partial charge in [0.15, 0.2) is 0 Å². The molecule has 0 saturated carbocycles. The van der Waals surface area contributed by atoms with Gasteiger partial charge in [0.1, 0.15) is 0 Å². The van der Waals surface area contributed by atoms with E-state index in [1.807, 2.05) is 11.8 Å². The van der Waals surface area contributed by atoms with E-state index in [9.17, 15) is 4.79 Å². The zero-order chi connectivity index (χ0) is 17.0. The van der Waals surface area contributed by atoms with Gasteiger partial charge in [-0.2, -0.15) is 11.8 Å². The van der Waals surface area contributed by atoms with Crippen LogP contribution in [0.2, 0.25) is 10.0 Å². The molecule has 1 aromatic carbocycles. The fourth-order valence-corrected chi connectivity index (χ4v) is 4.97. The van der Waals surface area contributed by atoms with Crippen molar-refractivity contribution in [1.29, 1.82) is 0 Å². The molecule has 2 heterocycles. The topological polar surface area (TPSA) is 53.6 Å². The van der Waals surface area contributed by atoms with E-state index in [1.54, 1.807) is 18.2 Å². The summed E-state index contributed by atoms with van der Waals surface area (Å²) < 4.78 is 5.46. The van der Waals surface area contributed by atoms with Gasteiger partial charge in [0.2, 0.25) is 0 Å². The van der Waals surface area contributed by atoms with Crippen LogP contribution in [0, 0.1) is 0 Å². The van der Waals surface area contributed by atoms with Gasteiger partial charge in [-0.1, -0.05) is 29.3 Å². The van der Waals surface area contributed by atoms with E-state index >= 15 is 0 Å². The molecule has 3 rings (SSSR count). The minimum absolute atomic E-state index is 0.0178. The summed E-state index contributed by atoms with van der Waals surface area (Å²) in [5.41, 5.74) is 0.534. The Morgan fingerprint density at radius 3 is 2.83 bits per heavy atom. The smallest absolute Gasteiger partial charge is 0.319 e. The van der Waals surface area contributed by atoms with Gasteiger partial charge in [0, 0.05) is 30.9 Å². The number of amides is 2. The van der Waals surface area contributed by atoms with Gasteiger partial charge in [0.25, 0.3) is 0 Å². The van der Waals surface area contributed by atoms with E-state index in [0.29, 0.717) is 22.3 Å². The number of urea groups is 1. The van der Waals surface area contributed by atoms with Crippen LogP contribution in [-0.2, 0) is 4.74 Å². The van der Waals surface area contributed by atoms with Crippen molar-refractivity contribution in [3.63, 3.8) is 0 Å². The van der Waals surface area contributed by atoms with Gasteiger partial charge in [-0.25, -0.2) is 4.79 Å². The molecule has 132 valence electrons. The maximum atomic E-state index is 12.3. The summed E-state index contributed by atoms with van der Waals surface area (Å²) in [6.45, 7) is 3.98. The standard InChI is InChI=1S/C16H21Cl2N3O2S/c17-12-2-1-3-13(14(12)18)20-15(22)19-10-16(4-9-24-11-16)21-5-7-23-8-6-21/h1-3H,4-11H2,(H2,19,20,22)/t16-/m1/s1. The van der Waals surface area contributed by atoms with Crippen molar-refractivity contribution in [1.82, 2.24) is 10.2 Å². The van der Waals surface area contributed by atoms with Crippen LogP contribution in [0.15, 0.2) is 18.2 Å². The normalized spacial score (nSPS) is 24.8. The van der Waals surface area contributed by atoms with Gasteiger partial charge in [0.05, 0.1) is 28.9 Å². The van der Waals surface area contributed by atoms with Crippen molar-refractivity contribution in [2.45, 2.75) is 12.0 Å². The monoisotopic (exact) mass is 389 g/mol. The first-order valence-electron chi connectivity index (χ1n) is 8.00. The Labute approximate surface area is 156 Å². The lowest BCUT2D eigenvalue weighted by atomic mass is 9.95. The zero-order valence-corrected chi connectivity index (χ0v) is 15.6. The Morgan fingerprint density at radius 2 is 2.12 bits per heavy atom. The molecule has 2 fully saturated rings. The molecule has 0 aromatic heterocycles. The van der Waals surface area contributed by atoms with Crippen LogP contribution in [0.3, 0.4) is 0 Å². The summed E-state index contributed by atoms with van der Waals surface area (Å²) in [4.78, 5) is 14.7. The van der Waals surface area contributed by atoms with Crippen molar-refractivity contribution in [3.8, 4) is 0 Å². The third kappa shape index (κ3) is 4.11. The van der Waals surface area contributed by atoms with Crippen molar-refractivity contribution < 1.29 is 9.53 Å². The Bertz CT molecular complexity index is 591. The predicted octanol–water partition coefficient (Wildman–Crippen LogP) is 3.32. The molecule has 8 heteroatoms. The highest BCUT2D eigenvalue weighted by Gasteiger charge is 2.40. The summed E-state index contributed by atoms with van der Waals surface area (Å²) in [6.07, 6.45) is 1.08. The first kappa shape index (κ1) is 18.1. The number of halogens is 2. The number of hydrogen-bond donors (Lipinski definition) is 2. The molecule has 2 saturated heterocycles. The molecule has 1 atom stereocenters. The molecule has 0 unspecified atom stereocenters. The Balaban J connectivity index is 1.60. The Hall–Kier alpha value is -0.660. The van der Waals surface area contributed by atoms with Crippen molar-refractivity contribution in [3.05, 3.63) is 28.2 Å². The van der Waals surface area contributed by atoms with Crippen LogP contribution >= 0.6 is 35.0 Å². The highest BCUT2D eigenvalue weighted by Crippen LogP contribution is 2.34. The third-order valence-electron chi connectivity index (χ3n) is 4.54. The molecule has 2 aliphatic rings. The maximum Gasteiger partial charge on any atom is 0.319 e. The molecule has 0 spiro atoms. The van der Waals surface area contributed by atoms with E-state index in [2.05, 4.69) is 15.5 Å². The highest BCUT2D eigenvalue weighted by molar-refractivity contribution is 7.99. The summed E-state index contributed by atoms with van der Waals surface area (Å²) in [7, 11) is 0. The summed E-state index contributed by atoms with van der Waals surface area (Å²) in [5.74, 6) is 2.16. The summed E-state index contributed by atoms with van der Waals surface area (Å²) >= 11 is 14.0. The molecular formula is C16H21Cl2N3O2S. The highest BCUT2D eigenvalue weighted by atomic mass is 35.5. The second-order valence-corrected chi connectivity index (χ2v) is 7.93. The van der Waals surface area contributed by atoms with Gasteiger partial charge < -0.3 is 15.4 Å². The summed E-state index contributed by atoms with van der Waals surface area (Å²) in [6, 6.07) is 4.92. The average Bonchev–Trinajstić information content (AvgIpc) is 3.08. The Kier molecular flexibility index (Phi) is 6.16. The molecule has 24 heavy (non-hydrogen) atoms. The molecule has 0 bridgehead atoms. The number of ether oxygens (including phenoxy) is 1. The first-order valence-corrected chi connectivity index (χ1v) is 9.91. The zero-order valence-electron chi connectivity index (χ0n) is 13.3. The van der Waals surface area contributed by atoms with Crippen LogP contribution in [-0.4, -0.2) is 60.8 Å². The van der Waals surface area contributed by atoms with Gasteiger partial charge >= 0.3 is 6.03 Å². The first-order chi connectivity index (χ1) is 11.6. The van der Waals surface area contributed by atoms with E-state index in [1.165, 1.54) is 0 Å². The van der Waals surface area contributed by atoms with Gasteiger partial charge in [-0.15, -0.1) is 0 Å². The lowest BCUT2D eigenvalue weighted by molar-refractivity contribution is -0.0123. The van der Waals surface area contributed by atoms with Crippen molar-refractivity contribution >= 4 is 46.7 Å². The number of nitrogens with zero attached hydrogens (tertiary/aromatic N) is 1. The van der Waals surface area contributed by atoms with Crippen LogP contribution in [0.4, 0.5) is 10.5 Å². The van der Waals surface area contributed by atoms with E-state index in [4.69, 9.17) is 27.9 Å². The Morgan fingerprint density at radius 1 is 1.33 bits per heavy atom. The summed E-state index contributed by atoms with van der Waals surface area (Å²) in [5, 5.41) is 6.57. The number of benzene rings is 1. The maximum absolute atomic E-state index is 12.3. The van der Waals surface area contributed by atoms with Gasteiger partial charge in [-0.3, -0.25) is 4.90 Å². The fraction of sp³-hybridized carbons (Fsp3) is 0.562. The van der Waals surface area contributed by atoms with Crippen LogP contribution in [0.1, 0.15) is 6.42 Å². The third-order valence-corrected chi connectivity index (χ3v) is 6.60. The second-order valence-electron chi connectivity index (χ2n) is 6.04. The minimum atomic E-state index is -0.260. The number of carbonyl (C=O) groups excluding carboxylic acids is 1. The van der Waals surface area contributed by atoms with Crippen LogP contribution in [0.25, 0.3) is 0 Å². The van der Waals surface area contributed by atoms with Crippen LogP contribution in [0.5, 0.6) is 0 Å². The number of anilines is 1. The quantitative estimate of drug-likeness (QED) is 0.828. The number of morpholine rings is 1. The number of thioether (sulfide) groups is 1. The van der Waals surface area contributed by atoms with Gasteiger partial charge in [-0.05, 0) is 24.3 Å². The number of hydrogen-bond acceptors (Lipinski definition) is 4. The largest absolute Gasteiger partial charge is 0.379 e. The second kappa shape index (κ2) is 8.15. The molecule has 1 aromatic rings. The molecule has 5 nitrogen and oxygen atoms in total. The van der Waals surface area contributed by atoms with E-state index < -0.39 is 0 Å². The lowest BCUT2D eigenvalue weighted by Crippen LogP contribution is -2.59. The molecule has 2 amide bonds. The van der Waals surface area contributed by atoms with Crippen LogP contribution < -0.4 is 10.6 Å². The lowest BCUT2D eigenvalue weighted by Gasteiger charge is -2.43. The number of nitrogens with one attached hydrogen (secondary N) is 2. The molecule has 0 radical (unpaired) electrons. The van der Waals surface area contributed by atoms with Crippen molar-refractivity contribution in [2.24, 2.45) is 0 Å². The fourth-order valence-electron chi connectivity index (χ4n) is 3.15. The number of carbonyl (C=O) groups is 1. The molecular weight excluding hydrogens is 369 g/mol. The molecule has 2 aliphatic heterocycles. The minimum Gasteiger partial charge on any atom is -0.379 e. The number of rotatable bonds is 4. The van der Waals surface area contributed by atoms with Crippen molar-refractivity contribution in [2.75, 3.05) is 49.7 Å². The van der Waals surface area contributed by atoms with E-state index in [0.717, 1.165) is 44.2 Å². The van der Waals surface area contributed by atoms with E-state index in [-0.39, 0.29) is 11.6 Å².